The number of alkyl halides is 2. The third kappa shape index (κ3) is 7.01. The number of thiazole rings is 2. The number of rotatable bonds is 9. The van der Waals surface area contributed by atoms with Crippen molar-refractivity contribution < 1.29 is 18.3 Å². The molecule has 1 amide bonds. The zero-order valence-electron chi connectivity index (χ0n) is 20.9. The van der Waals surface area contributed by atoms with Gasteiger partial charge in [0.1, 0.15) is 0 Å². The summed E-state index contributed by atoms with van der Waals surface area (Å²) in [5.41, 5.74) is 1.13. The summed E-state index contributed by atoms with van der Waals surface area (Å²) in [5.74, 6) is -1.69. The molecule has 2 aliphatic carbocycles. The lowest BCUT2D eigenvalue weighted by atomic mass is 9.82. The maximum Gasteiger partial charge on any atom is 0.273 e. The van der Waals surface area contributed by atoms with Crippen molar-refractivity contribution >= 4 is 28.6 Å². The topological polar surface area (TPSA) is 67.4 Å². The highest BCUT2D eigenvalue weighted by molar-refractivity contribution is 7.13. The maximum atomic E-state index is 13.0. The molecule has 2 fully saturated rings. The van der Waals surface area contributed by atoms with E-state index in [0.717, 1.165) is 66.8 Å². The molecule has 0 radical (unpaired) electrons. The standard InChI is InChI=1S/C26H36F2N4O2S2/c1-17-29-15-21(35-17)12-24(33)30-20-4-2-18(3-5-20)6-9-32-10-7-22-23(8-11-32)36-25(31-22)34-16-19-13-26(27,28)14-19/h15,18-20H,2-14,16H2,1H3,(H,30,33)/t18-,20-. The van der Waals surface area contributed by atoms with Crippen molar-refractivity contribution in [2.45, 2.75) is 83.1 Å². The number of ether oxygens (including phenoxy) is 1. The molecule has 10 heteroatoms. The summed E-state index contributed by atoms with van der Waals surface area (Å²) in [6.45, 7) is 5.47. The Morgan fingerprint density at radius 3 is 2.67 bits per heavy atom. The van der Waals surface area contributed by atoms with Crippen LogP contribution in [-0.4, -0.2) is 59.0 Å². The fourth-order valence-corrected chi connectivity index (χ4v) is 7.39. The summed E-state index contributed by atoms with van der Waals surface area (Å²) in [5, 5.41) is 4.88. The SMILES string of the molecule is Cc1ncc(CC(=O)N[C@H]2CC[C@H](CCN3CCc4nc(OCC5CC(F)(F)C5)sc4CC3)CC2)s1. The van der Waals surface area contributed by atoms with Gasteiger partial charge in [0.15, 0.2) is 0 Å². The first-order valence-electron chi connectivity index (χ1n) is 13.2. The van der Waals surface area contributed by atoms with Gasteiger partial charge in [0, 0.05) is 60.3 Å². The summed E-state index contributed by atoms with van der Waals surface area (Å²) in [6.07, 6.45) is 9.75. The predicted octanol–water partition coefficient (Wildman–Crippen LogP) is 5.04. The van der Waals surface area contributed by atoms with Gasteiger partial charge in [-0.05, 0) is 57.9 Å². The van der Waals surface area contributed by atoms with Crippen LogP contribution in [0.5, 0.6) is 5.19 Å². The lowest BCUT2D eigenvalue weighted by Crippen LogP contribution is -2.39. The molecule has 198 valence electrons. The fraction of sp³-hybridized carbons (Fsp3) is 0.731. The molecule has 0 bridgehead atoms. The molecule has 6 nitrogen and oxygen atoms in total. The van der Waals surface area contributed by atoms with Crippen LogP contribution in [0.1, 0.15) is 65.4 Å². The number of carbonyl (C=O) groups is 1. The number of nitrogens with zero attached hydrogens (tertiary/aromatic N) is 3. The molecule has 0 aromatic carbocycles. The number of halogens is 2. The molecule has 1 N–H and O–H groups in total. The molecule has 1 aliphatic heterocycles. The van der Waals surface area contributed by atoms with Gasteiger partial charge in [0.25, 0.3) is 5.19 Å². The van der Waals surface area contributed by atoms with Crippen LogP contribution in [-0.2, 0) is 24.1 Å². The van der Waals surface area contributed by atoms with Crippen LogP contribution in [0.3, 0.4) is 0 Å². The fourth-order valence-electron chi connectivity index (χ4n) is 5.65. The molecule has 0 spiro atoms. The Morgan fingerprint density at radius 1 is 1.17 bits per heavy atom. The van der Waals surface area contributed by atoms with Crippen LogP contribution in [0, 0.1) is 18.8 Å². The van der Waals surface area contributed by atoms with E-state index in [1.54, 1.807) is 22.7 Å². The van der Waals surface area contributed by atoms with Gasteiger partial charge in [-0.15, -0.1) is 11.3 Å². The Morgan fingerprint density at radius 2 is 1.94 bits per heavy atom. The molecular formula is C26H36F2N4O2S2. The van der Waals surface area contributed by atoms with Crippen LogP contribution in [0.4, 0.5) is 8.78 Å². The molecule has 36 heavy (non-hydrogen) atoms. The third-order valence-corrected chi connectivity index (χ3v) is 9.75. The molecule has 0 atom stereocenters. The van der Waals surface area contributed by atoms with Crippen molar-refractivity contribution in [3.05, 3.63) is 26.7 Å². The van der Waals surface area contributed by atoms with Crippen LogP contribution in [0.25, 0.3) is 0 Å². The minimum Gasteiger partial charge on any atom is -0.470 e. The summed E-state index contributed by atoms with van der Waals surface area (Å²) in [6, 6.07) is 0.306. The summed E-state index contributed by atoms with van der Waals surface area (Å²) in [7, 11) is 0. The average molecular weight is 539 g/mol. The summed E-state index contributed by atoms with van der Waals surface area (Å²) in [4.78, 5) is 26.1. The van der Waals surface area contributed by atoms with Crippen LogP contribution in [0.2, 0.25) is 0 Å². The van der Waals surface area contributed by atoms with Crippen molar-refractivity contribution in [2.24, 2.45) is 11.8 Å². The number of aromatic nitrogens is 2. The molecule has 5 rings (SSSR count). The van der Waals surface area contributed by atoms with Crippen molar-refractivity contribution in [3.8, 4) is 5.19 Å². The molecule has 2 aromatic heterocycles. The predicted molar refractivity (Wildman–Crippen MR) is 138 cm³/mol. The van der Waals surface area contributed by atoms with E-state index in [2.05, 4.69) is 20.2 Å². The van der Waals surface area contributed by atoms with Crippen molar-refractivity contribution in [1.82, 2.24) is 20.2 Å². The minimum absolute atomic E-state index is 0.0429. The Labute approximate surface area is 219 Å². The smallest absolute Gasteiger partial charge is 0.273 e. The molecule has 2 saturated carbocycles. The highest BCUT2D eigenvalue weighted by atomic mass is 32.1. The van der Waals surface area contributed by atoms with Crippen molar-refractivity contribution in [2.75, 3.05) is 26.2 Å². The first-order chi connectivity index (χ1) is 17.3. The number of carbonyl (C=O) groups excluding carboxylic acids is 1. The molecule has 3 heterocycles. The molecule has 0 unspecified atom stereocenters. The minimum atomic E-state index is -2.49. The summed E-state index contributed by atoms with van der Waals surface area (Å²) < 4.78 is 31.8. The van der Waals surface area contributed by atoms with Gasteiger partial charge in [-0.3, -0.25) is 4.79 Å². The Kier molecular flexibility index (Phi) is 8.22. The van der Waals surface area contributed by atoms with E-state index in [1.807, 2.05) is 13.1 Å². The second-order valence-corrected chi connectivity index (χ2v) is 13.1. The van der Waals surface area contributed by atoms with E-state index in [1.165, 1.54) is 24.1 Å². The van der Waals surface area contributed by atoms with Gasteiger partial charge in [0.2, 0.25) is 11.8 Å². The second-order valence-electron chi connectivity index (χ2n) is 10.7. The first kappa shape index (κ1) is 26.0. The van der Waals surface area contributed by atoms with E-state index >= 15 is 0 Å². The first-order valence-corrected chi connectivity index (χ1v) is 14.9. The molecule has 3 aliphatic rings. The van der Waals surface area contributed by atoms with Gasteiger partial charge >= 0.3 is 0 Å². The Balaban J connectivity index is 0.973. The molecule has 0 saturated heterocycles. The normalized spacial score (nSPS) is 24.5. The monoisotopic (exact) mass is 538 g/mol. The lowest BCUT2D eigenvalue weighted by molar-refractivity contribution is -0.121. The Hall–Kier alpha value is -1.65. The third-order valence-electron chi connectivity index (χ3n) is 7.77. The van der Waals surface area contributed by atoms with Gasteiger partial charge in [0.05, 0.1) is 23.7 Å². The Bertz CT molecular complexity index is 1000. The van der Waals surface area contributed by atoms with Crippen LogP contribution < -0.4 is 10.1 Å². The average Bonchev–Trinajstić information content (AvgIpc) is 3.36. The second kappa shape index (κ2) is 11.4. The number of amides is 1. The van der Waals surface area contributed by atoms with E-state index < -0.39 is 5.92 Å². The molecular weight excluding hydrogens is 502 g/mol. The largest absolute Gasteiger partial charge is 0.470 e. The van der Waals surface area contributed by atoms with E-state index in [0.29, 0.717) is 24.3 Å². The van der Waals surface area contributed by atoms with Gasteiger partial charge in [-0.25, -0.2) is 18.7 Å². The number of fused-ring (bicyclic) bond motifs is 1. The number of hydrogen-bond acceptors (Lipinski definition) is 7. The molecule has 2 aromatic rings. The van der Waals surface area contributed by atoms with Crippen LogP contribution in [0.15, 0.2) is 6.20 Å². The highest BCUT2D eigenvalue weighted by Gasteiger charge is 2.45. The van der Waals surface area contributed by atoms with E-state index in [-0.39, 0.29) is 24.7 Å². The van der Waals surface area contributed by atoms with E-state index in [9.17, 15) is 13.6 Å². The number of nitrogens with one attached hydrogen (secondary N) is 1. The zero-order chi connectivity index (χ0) is 25.1. The quantitative estimate of drug-likeness (QED) is 0.485. The van der Waals surface area contributed by atoms with Crippen molar-refractivity contribution in [1.29, 1.82) is 0 Å². The zero-order valence-corrected chi connectivity index (χ0v) is 22.6. The van der Waals surface area contributed by atoms with Gasteiger partial charge in [-0.1, -0.05) is 11.3 Å². The lowest BCUT2D eigenvalue weighted by Gasteiger charge is -2.34. The van der Waals surface area contributed by atoms with Gasteiger partial charge < -0.3 is 15.0 Å². The number of hydrogen-bond donors (Lipinski definition) is 1. The van der Waals surface area contributed by atoms with E-state index in [4.69, 9.17) is 4.74 Å². The van der Waals surface area contributed by atoms with Gasteiger partial charge in [-0.2, -0.15) is 0 Å². The van der Waals surface area contributed by atoms with Crippen molar-refractivity contribution in [3.63, 3.8) is 0 Å². The summed E-state index contributed by atoms with van der Waals surface area (Å²) >= 11 is 3.19. The number of aryl methyl sites for hydroxylation is 1. The highest BCUT2D eigenvalue weighted by Crippen LogP contribution is 2.42. The maximum absolute atomic E-state index is 13.0. The van der Waals surface area contributed by atoms with Crippen LogP contribution >= 0.6 is 22.7 Å².